The molecule has 2 aromatic carbocycles. The Labute approximate surface area is 170 Å². The van der Waals surface area contributed by atoms with E-state index in [1.54, 1.807) is 17.0 Å². The highest BCUT2D eigenvalue weighted by atomic mass is 35.5. The SMILES string of the molecule is Cc1ccc(-n2cnnc2SCC(=O)N2CC(=O)Nc3ccccc32)cc1Cl. The number of hydrogen-bond acceptors (Lipinski definition) is 5. The number of anilines is 2. The molecule has 1 aromatic heterocycles. The molecule has 142 valence electrons. The van der Waals surface area contributed by atoms with E-state index in [2.05, 4.69) is 15.5 Å². The quantitative estimate of drug-likeness (QED) is 0.664. The van der Waals surface area contributed by atoms with E-state index in [1.807, 2.05) is 43.3 Å². The number of para-hydroxylation sites is 2. The van der Waals surface area contributed by atoms with Crippen LogP contribution in [0.3, 0.4) is 0 Å². The number of nitrogens with one attached hydrogen (secondary N) is 1. The molecule has 1 aliphatic rings. The van der Waals surface area contributed by atoms with Gasteiger partial charge in [-0.2, -0.15) is 0 Å². The number of carbonyl (C=O) groups excluding carboxylic acids is 2. The third kappa shape index (κ3) is 3.61. The van der Waals surface area contributed by atoms with Crippen molar-refractivity contribution in [1.29, 1.82) is 0 Å². The van der Waals surface area contributed by atoms with Crippen LogP contribution in [0.5, 0.6) is 0 Å². The molecule has 0 saturated carbocycles. The zero-order chi connectivity index (χ0) is 19.7. The molecule has 0 atom stereocenters. The van der Waals surface area contributed by atoms with Crippen LogP contribution in [0.25, 0.3) is 5.69 Å². The molecule has 3 aromatic rings. The zero-order valence-corrected chi connectivity index (χ0v) is 16.5. The van der Waals surface area contributed by atoms with Crippen molar-refractivity contribution in [3.05, 3.63) is 59.4 Å². The van der Waals surface area contributed by atoms with Crippen LogP contribution in [0.4, 0.5) is 11.4 Å². The molecule has 0 saturated heterocycles. The summed E-state index contributed by atoms with van der Waals surface area (Å²) in [4.78, 5) is 26.2. The number of benzene rings is 2. The molecule has 2 amide bonds. The van der Waals surface area contributed by atoms with Crippen molar-refractivity contribution in [2.45, 2.75) is 12.1 Å². The number of carbonyl (C=O) groups is 2. The van der Waals surface area contributed by atoms with Crippen LogP contribution >= 0.6 is 23.4 Å². The standard InChI is InChI=1S/C19H16ClN5O2S/c1-12-6-7-13(8-14(12)20)25-11-21-23-19(25)28-10-18(27)24-9-17(26)22-15-4-2-3-5-16(15)24/h2-8,11H,9-10H2,1H3,(H,22,26). The number of rotatable bonds is 4. The molecule has 7 nitrogen and oxygen atoms in total. The zero-order valence-electron chi connectivity index (χ0n) is 14.9. The molecule has 0 radical (unpaired) electrons. The maximum absolute atomic E-state index is 12.8. The highest BCUT2D eigenvalue weighted by Crippen LogP contribution is 2.30. The number of amides is 2. The lowest BCUT2D eigenvalue weighted by atomic mass is 10.2. The van der Waals surface area contributed by atoms with Gasteiger partial charge in [-0.05, 0) is 36.8 Å². The molecule has 1 aliphatic heterocycles. The number of hydrogen-bond donors (Lipinski definition) is 1. The fourth-order valence-electron chi connectivity index (χ4n) is 2.89. The maximum atomic E-state index is 12.8. The van der Waals surface area contributed by atoms with Gasteiger partial charge in [0.15, 0.2) is 5.16 Å². The summed E-state index contributed by atoms with van der Waals surface area (Å²) in [6, 6.07) is 12.9. The number of thioether (sulfide) groups is 1. The van der Waals surface area contributed by atoms with Crippen LogP contribution in [0, 0.1) is 6.92 Å². The Morgan fingerprint density at radius 2 is 2.11 bits per heavy atom. The summed E-state index contributed by atoms with van der Waals surface area (Å²) in [6.07, 6.45) is 1.58. The Hall–Kier alpha value is -2.84. The number of aromatic nitrogens is 3. The lowest BCUT2D eigenvalue weighted by Gasteiger charge is -2.29. The topological polar surface area (TPSA) is 80.1 Å². The number of fused-ring (bicyclic) bond motifs is 1. The predicted octanol–water partition coefficient (Wildman–Crippen LogP) is 3.31. The first-order valence-electron chi connectivity index (χ1n) is 8.51. The highest BCUT2D eigenvalue weighted by molar-refractivity contribution is 7.99. The normalized spacial score (nSPS) is 13.2. The molecular weight excluding hydrogens is 398 g/mol. The Balaban J connectivity index is 1.52. The molecule has 9 heteroatoms. The summed E-state index contributed by atoms with van der Waals surface area (Å²) < 4.78 is 1.78. The first kappa shape index (κ1) is 18.5. The van der Waals surface area contributed by atoms with Gasteiger partial charge in [0, 0.05) is 5.02 Å². The summed E-state index contributed by atoms with van der Waals surface area (Å²) in [5.74, 6) is -0.266. The van der Waals surface area contributed by atoms with E-state index >= 15 is 0 Å². The van der Waals surface area contributed by atoms with E-state index in [4.69, 9.17) is 11.6 Å². The molecular formula is C19H16ClN5O2S. The first-order valence-corrected chi connectivity index (χ1v) is 9.88. The van der Waals surface area contributed by atoms with Crippen LogP contribution in [0.15, 0.2) is 53.9 Å². The Morgan fingerprint density at radius 3 is 2.93 bits per heavy atom. The Morgan fingerprint density at radius 1 is 1.29 bits per heavy atom. The van der Waals surface area contributed by atoms with Gasteiger partial charge >= 0.3 is 0 Å². The average molecular weight is 414 g/mol. The van der Waals surface area contributed by atoms with E-state index in [0.29, 0.717) is 21.6 Å². The highest BCUT2D eigenvalue weighted by Gasteiger charge is 2.26. The van der Waals surface area contributed by atoms with Gasteiger partial charge in [-0.25, -0.2) is 0 Å². The fourth-order valence-corrected chi connectivity index (χ4v) is 3.87. The van der Waals surface area contributed by atoms with Crippen molar-refractivity contribution in [3.8, 4) is 5.69 Å². The summed E-state index contributed by atoms with van der Waals surface area (Å²) in [5.41, 5.74) is 3.12. The van der Waals surface area contributed by atoms with E-state index in [0.717, 1.165) is 11.3 Å². The summed E-state index contributed by atoms with van der Waals surface area (Å²) in [7, 11) is 0. The van der Waals surface area contributed by atoms with E-state index in [1.165, 1.54) is 16.7 Å². The van der Waals surface area contributed by atoms with Crippen molar-refractivity contribution in [2.24, 2.45) is 0 Å². The molecule has 2 heterocycles. The summed E-state index contributed by atoms with van der Waals surface area (Å²) in [5, 5.41) is 12.0. The first-order chi connectivity index (χ1) is 13.5. The van der Waals surface area contributed by atoms with Gasteiger partial charge in [-0.1, -0.05) is 41.6 Å². The molecule has 0 fully saturated rings. The maximum Gasteiger partial charge on any atom is 0.244 e. The van der Waals surface area contributed by atoms with Crippen LogP contribution < -0.4 is 10.2 Å². The minimum Gasteiger partial charge on any atom is -0.323 e. The van der Waals surface area contributed by atoms with Crippen molar-refractivity contribution < 1.29 is 9.59 Å². The number of halogens is 1. The van der Waals surface area contributed by atoms with Crippen molar-refractivity contribution in [1.82, 2.24) is 14.8 Å². The number of aryl methyl sites for hydroxylation is 1. The lowest BCUT2D eigenvalue weighted by Crippen LogP contribution is -2.43. The molecule has 0 aliphatic carbocycles. The lowest BCUT2D eigenvalue weighted by molar-refractivity contribution is -0.120. The van der Waals surface area contributed by atoms with Crippen molar-refractivity contribution in [2.75, 3.05) is 22.5 Å². The van der Waals surface area contributed by atoms with Gasteiger partial charge in [-0.3, -0.25) is 14.2 Å². The van der Waals surface area contributed by atoms with E-state index < -0.39 is 0 Å². The molecule has 1 N–H and O–H groups in total. The minimum absolute atomic E-state index is 0.00331. The minimum atomic E-state index is -0.213. The second-order valence-electron chi connectivity index (χ2n) is 6.25. The molecule has 28 heavy (non-hydrogen) atoms. The van der Waals surface area contributed by atoms with Gasteiger partial charge in [0.05, 0.1) is 22.8 Å². The monoisotopic (exact) mass is 413 g/mol. The second kappa shape index (κ2) is 7.65. The molecule has 0 unspecified atom stereocenters. The van der Waals surface area contributed by atoms with Crippen LogP contribution in [0.1, 0.15) is 5.56 Å². The van der Waals surface area contributed by atoms with Crippen molar-refractivity contribution in [3.63, 3.8) is 0 Å². The Bertz CT molecular complexity index is 1070. The predicted molar refractivity (Wildman–Crippen MR) is 109 cm³/mol. The van der Waals surface area contributed by atoms with Crippen LogP contribution in [-0.2, 0) is 9.59 Å². The largest absolute Gasteiger partial charge is 0.323 e. The summed E-state index contributed by atoms with van der Waals surface area (Å²) in [6.45, 7) is 1.93. The van der Waals surface area contributed by atoms with Gasteiger partial charge in [0.25, 0.3) is 0 Å². The van der Waals surface area contributed by atoms with Crippen LogP contribution in [-0.4, -0.2) is 38.9 Å². The van der Waals surface area contributed by atoms with Crippen LogP contribution in [0.2, 0.25) is 5.02 Å². The third-order valence-electron chi connectivity index (χ3n) is 4.35. The molecule has 0 spiro atoms. The van der Waals surface area contributed by atoms with Gasteiger partial charge in [0.1, 0.15) is 12.9 Å². The van der Waals surface area contributed by atoms with Gasteiger partial charge in [0.2, 0.25) is 11.8 Å². The smallest absolute Gasteiger partial charge is 0.244 e. The van der Waals surface area contributed by atoms with Gasteiger partial charge in [-0.15, -0.1) is 10.2 Å². The molecule has 0 bridgehead atoms. The number of nitrogens with zero attached hydrogens (tertiary/aromatic N) is 4. The Kier molecular flexibility index (Phi) is 5.06. The summed E-state index contributed by atoms with van der Waals surface area (Å²) >= 11 is 7.47. The van der Waals surface area contributed by atoms with E-state index in [9.17, 15) is 9.59 Å². The third-order valence-corrected chi connectivity index (χ3v) is 5.68. The van der Waals surface area contributed by atoms with Gasteiger partial charge < -0.3 is 10.2 Å². The average Bonchev–Trinajstić information content (AvgIpc) is 3.16. The second-order valence-corrected chi connectivity index (χ2v) is 7.60. The fraction of sp³-hybridized carbons (Fsp3) is 0.158. The molecule has 4 rings (SSSR count). The van der Waals surface area contributed by atoms with E-state index in [-0.39, 0.29) is 24.1 Å². The van der Waals surface area contributed by atoms with Crippen molar-refractivity contribution >= 4 is 46.6 Å².